The molecule has 78 valence electrons. The van der Waals surface area contributed by atoms with Gasteiger partial charge in [0.1, 0.15) is 5.82 Å². The minimum atomic E-state index is 0.308. The van der Waals surface area contributed by atoms with E-state index < -0.39 is 0 Å². The largest absolute Gasteiger partial charge is 0.213 e. The van der Waals surface area contributed by atoms with Gasteiger partial charge in [-0.15, -0.1) is 10.2 Å². The molecule has 2 heterocycles. The lowest BCUT2D eigenvalue weighted by Crippen LogP contribution is -1.85. The predicted octanol–water partition coefficient (Wildman–Crippen LogP) is 3.09. The first-order valence-electron chi connectivity index (χ1n) is 3.82. The molecule has 2 aromatic rings. The molecule has 15 heavy (non-hydrogen) atoms. The van der Waals surface area contributed by atoms with Crippen molar-refractivity contribution in [2.75, 3.05) is 0 Å². The topological polar surface area (TPSA) is 51.6 Å². The lowest BCUT2D eigenvalue weighted by Gasteiger charge is -1.98. The molecule has 0 amide bonds. The Morgan fingerprint density at radius 2 is 2.13 bits per heavy atom. The Balaban J connectivity index is 2.27. The lowest BCUT2D eigenvalue weighted by atomic mass is 10.6. The van der Waals surface area contributed by atoms with E-state index in [-0.39, 0.29) is 0 Å². The summed E-state index contributed by atoms with van der Waals surface area (Å²) in [6.45, 7) is 1.83. The molecule has 0 aromatic carbocycles. The molecule has 0 aliphatic rings. The van der Waals surface area contributed by atoms with E-state index in [2.05, 4.69) is 19.6 Å². The van der Waals surface area contributed by atoms with Crippen LogP contribution < -0.4 is 0 Å². The van der Waals surface area contributed by atoms with Crippen molar-refractivity contribution >= 4 is 46.5 Å². The van der Waals surface area contributed by atoms with Crippen molar-refractivity contribution in [1.29, 1.82) is 0 Å². The van der Waals surface area contributed by atoms with Crippen molar-refractivity contribution in [3.8, 4) is 0 Å². The summed E-state index contributed by atoms with van der Waals surface area (Å²) in [5.41, 5.74) is 0. The fourth-order valence-corrected chi connectivity index (χ4v) is 2.86. The van der Waals surface area contributed by atoms with Gasteiger partial charge in [0.05, 0.1) is 4.90 Å². The van der Waals surface area contributed by atoms with Crippen LogP contribution in [0.25, 0.3) is 0 Å². The maximum Gasteiger partial charge on any atom is 0.174 e. The maximum atomic E-state index is 5.86. The van der Waals surface area contributed by atoms with Crippen molar-refractivity contribution in [3.63, 3.8) is 0 Å². The number of halogens is 2. The highest BCUT2D eigenvalue weighted by Crippen LogP contribution is 2.33. The zero-order valence-corrected chi connectivity index (χ0v) is 10.6. The molecule has 8 heteroatoms. The summed E-state index contributed by atoms with van der Waals surface area (Å²) < 4.78 is 4.87. The molecule has 4 nitrogen and oxygen atoms in total. The van der Waals surface area contributed by atoms with Gasteiger partial charge in [0, 0.05) is 0 Å². The van der Waals surface area contributed by atoms with E-state index in [9.17, 15) is 0 Å². The van der Waals surface area contributed by atoms with Crippen LogP contribution in [-0.2, 0) is 0 Å². The SMILES string of the molecule is Cc1nsc(Sc2cc(Cl)nnc2Cl)n1. The molecule has 0 saturated heterocycles. The molecule has 0 fully saturated rings. The first-order chi connectivity index (χ1) is 7.15. The van der Waals surface area contributed by atoms with Crippen LogP contribution in [0, 0.1) is 6.92 Å². The molecule has 0 radical (unpaired) electrons. The number of rotatable bonds is 2. The fraction of sp³-hybridized carbons (Fsp3) is 0.143. The summed E-state index contributed by atoms with van der Waals surface area (Å²) in [7, 11) is 0. The van der Waals surface area contributed by atoms with E-state index in [0.717, 1.165) is 15.1 Å². The molecule has 0 spiro atoms. The summed E-state index contributed by atoms with van der Waals surface area (Å²) in [4.78, 5) is 4.93. The average Bonchev–Trinajstić information content (AvgIpc) is 2.58. The zero-order chi connectivity index (χ0) is 10.8. The second kappa shape index (κ2) is 4.61. The van der Waals surface area contributed by atoms with Crippen molar-refractivity contribution in [3.05, 3.63) is 22.2 Å². The van der Waals surface area contributed by atoms with Gasteiger partial charge in [-0.25, -0.2) is 4.98 Å². The molecule has 2 aromatic heterocycles. The van der Waals surface area contributed by atoms with Crippen molar-refractivity contribution in [2.24, 2.45) is 0 Å². The number of aryl methyl sites for hydroxylation is 1. The van der Waals surface area contributed by atoms with Gasteiger partial charge in [0.15, 0.2) is 14.6 Å². The Hall–Kier alpha value is -0.430. The van der Waals surface area contributed by atoms with Gasteiger partial charge >= 0.3 is 0 Å². The van der Waals surface area contributed by atoms with E-state index >= 15 is 0 Å². The van der Waals surface area contributed by atoms with Crippen LogP contribution in [0.5, 0.6) is 0 Å². The van der Waals surface area contributed by atoms with Crippen molar-refractivity contribution in [2.45, 2.75) is 16.2 Å². The Bertz CT molecular complexity index is 488. The smallest absolute Gasteiger partial charge is 0.174 e. The van der Waals surface area contributed by atoms with Crippen LogP contribution in [0.3, 0.4) is 0 Å². The Morgan fingerprint density at radius 1 is 1.33 bits per heavy atom. The summed E-state index contributed by atoms with van der Waals surface area (Å²) in [5.74, 6) is 0.742. The fourth-order valence-electron chi connectivity index (χ4n) is 0.823. The van der Waals surface area contributed by atoms with Gasteiger partial charge in [-0.1, -0.05) is 35.0 Å². The molecule has 0 saturated carbocycles. The Labute approximate surface area is 104 Å². The van der Waals surface area contributed by atoms with Crippen LogP contribution in [-0.4, -0.2) is 19.6 Å². The average molecular weight is 279 g/mol. The second-order valence-electron chi connectivity index (χ2n) is 2.53. The number of hydrogen-bond donors (Lipinski definition) is 0. The van der Waals surface area contributed by atoms with Crippen LogP contribution in [0.15, 0.2) is 15.3 Å². The van der Waals surface area contributed by atoms with Crippen molar-refractivity contribution < 1.29 is 0 Å². The molecular formula is C7H4Cl2N4S2. The monoisotopic (exact) mass is 278 g/mol. The van der Waals surface area contributed by atoms with Crippen LogP contribution in [0.1, 0.15) is 5.82 Å². The third kappa shape index (κ3) is 2.78. The van der Waals surface area contributed by atoms with E-state index in [4.69, 9.17) is 23.2 Å². The van der Waals surface area contributed by atoms with E-state index in [1.807, 2.05) is 6.92 Å². The van der Waals surface area contributed by atoms with E-state index in [1.54, 1.807) is 6.07 Å². The minimum Gasteiger partial charge on any atom is -0.213 e. The quantitative estimate of drug-likeness (QED) is 0.845. The highest BCUT2D eigenvalue weighted by atomic mass is 35.5. The summed E-state index contributed by atoms with van der Waals surface area (Å²) >= 11 is 14.3. The molecule has 0 bridgehead atoms. The van der Waals surface area contributed by atoms with Gasteiger partial charge < -0.3 is 0 Å². The first kappa shape index (κ1) is 11.1. The zero-order valence-electron chi connectivity index (χ0n) is 7.44. The van der Waals surface area contributed by atoms with Gasteiger partial charge in [-0.2, -0.15) is 4.37 Å². The van der Waals surface area contributed by atoms with Crippen LogP contribution >= 0.6 is 46.5 Å². The third-order valence-electron chi connectivity index (χ3n) is 1.39. The Kier molecular flexibility index (Phi) is 3.40. The molecule has 0 aliphatic heterocycles. The highest BCUT2D eigenvalue weighted by Gasteiger charge is 2.09. The predicted molar refractivity (Wildman–Crippen MR) is 60.8 cm³/mol. The van der Waals surface area contributed by atoms with Gasteiger partial charge in [0.2, 0.25) is 0 Å². The normalized spacial score (nSPS) is 10.6. The number of nitrogens with zero attached hydrogens (tertiary/aromatic N) is 4. The summed E-state index contributed by atoms with van der Waals surface area (Å²) in [6, 6.07) is 1.65. The highest BCUT2D eigenvalue weighted by molar-refractivity contribution is 8.01. The third-order valence-corrected chi connectivity index (χ3v) is 3.84. The molecule has 0 atom stereocenters. The number of aromatic nitrogens is 4. The van der Waals surface area contributed by atoms with Crippen molar-refractivity contribution in [1.82, 2.24) is 19.6 Å². The van der Waals surface area contributed by atoms with Crippen LogP contribution in [0.4, 0.5) is 0 Å². The molecule has 2 rings (SSSR count). The van der Waals surface area contributed by atoms with Gasteiger partial charge in [0.25, 0.3) is 0 Å². The van der Waals surface area contributed by atoms with Gasteiger partial charge in [-0.3, -0.25) is 0 Å². The lowest BCUT2D eigenvalue weighted by molar-refractivity contribution is 0.997. The second-order valence-corrected chi connectivity index (χ2v) is 5.32. The first-order valence-corrected chi connectivity index (χ1v) is 6.16. The standard InChI is InChI=1S/C7H4Cl2N4S2/c1-3-10-7(15-13-3)14-4-2-5(8)11-12-6(4)9/h2H,1H3. The van der Waals surface area contributed by atoms with E-state index in [1.165, 1.54) is 23.3 Å². The molecule has 0 aliphatic carbocycles. The van der Waals surface area contributed by atoms with Crippen LogP contribution in [0.2, 0.25) is 10.3 Å². The number of hydrogen-bond acceptors (Lipinski definition) is 6. The Morgan fingerprint density at radius 3 is 2.80 bits per heavy atom. The molecule has 0 unspecified atom stereocenters. The van der Waals surface area contributed by atoms with E-state index in [0.29, 0.717) is 10.3 Å². The van der Waals surface area contributed by atoms with Gasteiger partial charge in [-0.05, 0) is 24.5 Å². The summed E-state index contributed by atoms with van der Waals surface area (Å²) in [5, 5.41) is 7.95. The minimum absolute atomic E-state index is 0.308. The molecule has 0 N–H and O–H groups in total. The molecular weight excluding hydrogens is 275 g/mol. The maximum absolute atomic E-state index is 5.86. The summed E-state index contributed by atoms with van der Waals surface area (Å²) in [6.07, 6.45) is 0.